The molecule has 0 unspecified atom stereocenters. The fraction of sp³-hybridized carbons (Fsp3) is 0.125. The smallest absolute Gasteiger partial charge is 0.338 e. The van der Waals surface area contributed by atoms with E-state index >= 15 is 0 Å². The predicted molar refractivity (Wildman–Crippen MR) is 83.9 cm³/mol. The van der Waals surface area contributed by atoms with Gasteiger partial charge in [0.1, 0.15) is 12.3 Å². The molecule has 108 valence electrons. The standard InChI is InChI=1S/C16H14BrNO3/c1-11-3-2-4-13(9-11)16(19)21-10-15(18-20)12-5-7-14(17)8-6-12/h2-9,20H,10H2,1H3/b18-15+. The summed E-state index contributed by atoms with van der Waals surface area (Å²) >= 11 is 3.33. The second-order valence-corrected chi connectivity index (χ2v) is 5.41. The summed E-state index contributed by atoms with van der Waals surface area (Å²) in [5.41, 5.74) is 2.44. The molecule has 21 heavy (non-hydrogen) atoms. The third-order valence-electron chi connectivity index (χ3n) is 2.89. The molecule has 1 N–H and O–H groups in total. The van der Waals surface area contributed by atoms with Crippen LogP contribution in [0.2, 0.25) is 0 Å². The number of rotatable bonds is 4. The minimum Gasteiger partial charge on any atom is -0.455 e. The Morgan fingerprint density at radius 1 is 1.19 bits per heavy atom. The lowest BCUT2D eigenvalue weighted by atomic mass is 10.1. The van der Waals surface area contributed by atoms with Crippen LogP contribution < -0.4 is 0 Å². The van der Waals surface area contributed by atoms with Crippen molar-refractivity contribution in [1.82, 2.24) is 0 Å². The van der Waals surface area contributed by atoms with Gasteiger partial charge in [0.15, 0.2) is 0 Å². The Labute approximate surface area is 131 Å². The molecule has 4 nitrogen and oxygen atoms in total. The van der Waals surface area contributed by atoms with Crippen molar-refractivity contribution in [2.75, 3.05) is 6.61 Å². The fourth-order valence-corrected chi connectivity index (χ4v) is 2.07. The molecule has 0 aromatic heterocycles. The maximum absolute atomic E-state index is 11.9. The lowest BCUT2D eigenvalue weighted by Gasteiger charge is -2.07. The quantitative estimate of drug-likeness (QED) is 0.396. The monoisotopic (exact) mass is 347 g/mol. The summed E-state index contributed by atoms with van der Waals surface area (Å²) in [7, 11) is 0. The van der Waals surface area contributed by atoms with E-state index in [1.54, 1.807) is 30.3 Å². The second-order valence-electron chi connectivity index (χ2n) is 4.50. The summed E-state index contributed by atoms with van der Waals surface area (Å²) in [6, 6.07) is 14.3. The van der Waals surface area contributed by atoms with Crippen LogP contribution >= 0.6 is 15.9 Å². The van der Waals surface area contributed by atoms with Gasteiger partial charge in [0.25, 0.3) is 0 Å². The van der Waals surface area contributed by atoms with E-state index < -0.39 is 5.97 Å². The molecule has 5 heteroatoms. The van der Waals surface area contributed by atoms with Crippen molar-refractivity contribution in [3.8, 4) is 0 Å². The normalized spacial score (nSPS) is 11.2. The average Bonchev–Trinajstić information content (AvgIpc) is 2.49. The molecule has 0 spiro atoms. The summed E-state index contributed by atoms with van der Waals surface area (Å²) in [5, 5.41) is 12.3. The molecule has 0 bridgehead atoms. The third kappa shape index (κ3) is 4.16. The number of oxime groups is 1. The van der Waals surface area contributed by atoms with Gasteiger partial charge in [0.05, 0.1) is 5.56 Å². The molecule has 0 atom stereocenters. The maximum atomic E-state index is 11.9. The number of nitrogens with zero attached hydrogens (tertiary/aromatic N) is 1. The maximum Gasteiger partial charge on any atom is 0.338 e. The molecule has 2 aromatic rings. The van der Waals surface area contributed by atoms with Gasteiger partial charge in [-0.25, -0.2) is 4.79 Å². The number of carbonyl (C=O) groups excluding carboxylic acids is 1. The van der Waals surface area contributed by atoms with Crippen molar-refractivity contribution in [3.05, 3.63) is 69.7 Å². The van der Waals surface area contributed by atoms with Crippen molar-refractivity contribution >= 4 is 27.6 Å². The van der Waals surface area contributed by atoms with E-state index in [-0.39, 0.29) is 6.61 Å². The number of esters is 1. The first-order valence-electron chi connectivity index (χ1n) is 6.31. The Morgan fingerprint density at radius 2 is 1.90 bits per heavy atom. The zero-order chi connectivity index (χ0) is 15.2. The fourth-order valence-electron chi connectivity index (χ4n) is 1.80. The summed E-state index contributed by atoms with van der Waals surface area (Å²) in [4.78, 5) is 11.9. The van der Waals surface area contributed by atoms with Gasteiger partial charge >= 0.3 is 5.97 Å². The van der Waals surface area contributed by atoms with Crippen molar-refractivity contribution in [3.63, 3.8) is 0 Å². The number of carbonyl (C=O) groups is 1. The van der Waals surface area contributed by atoms with Gasteiger partial charge in [-0.15, -0.1) is 0 Å². The topological polar surface area (TPSA) is 58.9 Å². The zero-order valence-electron chi connectivity index (χ0n) is 11.4. The van der Waals surface area contributed by atoms with E-state index in [0.29, 0.717) is 16.8 Å². The van der Waals surface area contributed by atoms with E-state index in [1.165, 1.54) is 0 Å². The Hall–Kier alpha value is -2.14. The molecule has 0 fully saturated rings. The first kappa shape index (κ1) is 15.3. The number of ether oxygens (including phenoxy) is 1. The second kappa shape index (κ2) is 7.04. The van der Waals surface area contributed by atoms with Crippen LogP contribution in [-0.4, -0.2) is 23.5 Å². The number of benzene rings is 2. The van der Waals surface area contributed by atoms with Crippen LogP contribution in [0.4, 0.5) is 0 Å². The van der Waals surface area contributed by atoms with E-state index in [0.717, 1.165) is 10.0 Å². The van der Waals surface area contributed by atoms with E-state index in [4.69, 9.17) is 9.94 Å². The van der Waals surface area contributed by atoms with Crippen LogP contribution in [0.25, 0.3) is 0 Å². The van der Waals surface area contributed by atoms with Crippen molar-refractivity contribution in [1.29, 1.82) is 0 Å². The summed E-state index contributed by atoms with van der Waals surface area (Å²) in [5.74, 6) is -0.447. The lowest BCUT2D eigenvalue weighted by Crippen LogP contribution is -2.15. The number of aryl methyl sites for hydroxylation is 1. The molecule has 2 rings (SSSR count). The number of hydrogen-bond acceptors (Lipinski definition) is 4. The van der Waals surface area contributed by atoms with Gasteiger partial charge < -0.3 is 9.94 Å². The van der Waals surface area contributed by atoms with Crippen LogP contribution in [-0.2, 0) is 4.74 Å². The highest BCUT2D eigenvalue weighted by Gasteiger charge is 2.11. The average molecular weight is 348 g/mol. The number of halogens is 1. The number of hydrogen-bond donors (Lipinski definition) is 1. The Bertz CT molecular complexity index is 665. The molecule has 0 aliphatic heterocycles. The van der Waals surface area contributed by atoms with Gasteiger partial charge in [-0.2, -0.15) is 0 Å². The van der Waals surface area contributed by atoms with Gasteiger partial charge in [0.2, 0.25) is 0 Å². The first-order valence-corrected chi connectivity index (χ1v) is 7.10. The predicted octanol–water partition coefficient (Wildman–Crippen LogP) is 3.79. The first-order chi connectivity index (χ1) is 10.1. The highest BCUT2D eigenvalue weighted by molar-refractivity contribution is 9.10. The Kier molecular flexibility index (Phi) is 5.11. The van der Waals surface area contributed by atoms with Crippen LogP contribution in [0.1, 0.15) is 21.5 Å². The molecule has 0 aliphatic rings. The molecule has 0 aliphatic carbocycles. The molecule has 0 heterocycles. The molecule has 0 saturated carbocycles. The van der Waals surface area contributed by atoms with Crippen LogP contribution in [0.15, 0.2) is 58.2 Å². The van der Waals surface area contributed by atoms with Gasteiger partial charge in [-0.05, 0) is 31.2 Å². The summed E-state index contributed by atoms with van der Waals surface area (Å²) in [6.07, 6.45) is 0. The van der Waals surface area contributed by atoms with Crippen LogP contribution in [0.5, 0.6) is 0 Å². The minimum atomic E-state index is -0.447. The Morgan fingerprint density at radius 3 is 2.52 bits per heavy atom. The molecule has 0 radical (unpaired) electrons. The Balaban J connectivity index is 2.04. The van der Waals surface area contributed by atoms with Crippen molar-refractivity contribution in [2.45, 2.75) is 6.92 Å². The van der Waals surface area contributed by atoms with Crippen molar-refractivity contribution < 1.29 is 14.7 Å². The molecule has 2 aromatic carbocycles. The highest BCUT2D eigenvalue weighted by Crippen LogP contribution is 2.12. The van der Waals surface area contributed by atoms with Gasteiger partial charge in [0, 0.05) is 10.0 Å². The van der Waals surface area contributed by atoms with E-state index in [2.05, 4.69) is 21.1 Å². The van der Waals surface area contributed by atoms with Crippen molar-refractivity contribution in [2.24, 2.45) is 5.16 Å². The summed E-state index contributed by atoms with van der Waals surface area (Å²) in [6.45, 7) is 1.81. The molecule has 0 saturated heterocycles. The van der Waals surface area contributed by atoms with E-state index in [9.17, 15) is 4.79 Å². The zero-order valence-corrected chi connectivity index (χ0v) is 13.0. The lowest BCUT2D eigenvalue weighted by molar-refractivity contribution is 0.0562. The molecular formula is C16H14BrNO3. The molecule has 0 amide bonds. The van der Waals surface area contributed by atoms with Gasteiger partial charge in [-0.3, -0.25) is 0 Å². The molecular weight excluding hydrogens is 334 g/mol. The highest BCUT2D eigenvalue weighted by atomic mass is 79.9. The third-order valence-corrected chi connectivity index (χ3v) is 3.42. The van der Waals surface area contributed by atoms with Crippen LogP contribution in [0.3, 0.4) is 0 Å². The minimum absolute atomic E-state index is 0.0924. The van der Waals surface area contributed by atoms with Gasteiger partial charge in [-0.1, -0.05) is 50.9 Å². The largest absolute Gasteiger partial charge is 0.455 e. The summed E-state index contributed by atoms with van der Waals surface area (Å²) < 4.78 is 6.10. The van der Waals surface area contributed by atoms with Crippen LogP contribution in [0, 0.1) is 6.92 Å². The SMILES string of the molecule is Cc1cccc(C(=O)OC/C(=N\O)c2ccc(Br)cc2)c1. The van der Waals surface area contributed by atoms with E-state index in [1.807, 2.05) is 25.1 Å².